The predicted octanol–water partition coefficient (Wildman–Crippen LogP) is 2.16. The summed E-state index contributed by atoms with van der Waals surface area (Å²) >= 11 is 0. The molecule has 2 N–H and O–H groups in total. The van der Waals surface area contributed by atoms with Gasteiger partial charge in [0.05, 0.1) is 6.54 Å². The summed E-state index contributed by atoms with van der Waals surface area (Å²) in [4.78, 5) is 13.9. The molecule has 1 fully saturated rings. The molecule has 18 heavy (non-hydrogen) atoms. The van der Waals surface area contributed by atoms with Gasteiger partial charge in [0.15, 0.2) is 0 Å². The number of nitrogens with two attached hydrogens (primary N) is 1. The molecule has 0 saturated heterocycles. The molecular weight excluding hydrogens is 224 g/mol. The number of carbonyl (C=O) groups is 1. The zero-order valence-electron chi connectivity index (χ0n) is 11.0. The van der Waals surface area contributed by atoms with E-state index in [1.54, 1.807) is 0 Å². The molecule has 1 aromatic rings. The molecule has 1 atom stereocenters. The van der Waals surface area contributed by atoms with Crippen molar-refractivity contribution in [2.75, 3.05) is 6.54 Å². The summed E-state index contributed by atoms with van der Waals surface area (Å²) in [7, 11) is 0. The molecule has 0 aliphatic heterocycles. The monoisotopic (exact) mass is 246 g/mol. The van der Waals surface area contributed by atoms with Gasteiger partial charge in [0.25, 0.3) is 0 Å². The Morgan fingerprint density at radius 3 is 2.56 bits per heavy atom. The van der Waals surface area contributed by atoms with Gasteiger partial charge in [-0.1, -0.05) is 36.8 Å². The summed E-state index contributed by atoms with van der Waals surface area (Å²) in [5.41, 5.74) is 6.70. The van der Waals surface area contributed by atoms with Crippen LogP contribution in [-0.2, 0) is 11.3 Å². The molecule has 1 saturated carbocycles. The van der Waals surface area contributed by atoms with Crippen molar-refractivity contribution >= 4 is 5.91 Å². The molecule has 0 spiro atoms. The van der Waals surface area contributed by atoms with Crippen LogP contribution >= 0.6 is 0 Å². The van der Waals surface area contributed by atoms with Crippen LogP contribution in [0.2, 0.25) is 0 Å². The van der Waals surface area contributed by atoms with Gasteiger partial charge >= 0.3 is 0 Å². The summed E-state index contributed by atoms with van der Waals surface area (Å²) in [6, 6.07) is 10.4. The Morgan fingerprint density at radius 1 is 1.39 bits per heavy atom. The van der Waals surface area contributed by atoms with E-state index in [-0.39, 0.29) is 12.5 Å². The van der Waals surface area contributed by atoms with Gasteiger partial charge < -0.3 is 10.6 Å². The first-order chi connectivity index (χ1) is 8.72. The first kappa shape index (κ1) is 13.1. The molecule has 1 aliphatic carbocycles. The summed E-state index contributed by atoms with van der Waals surface area (Å²) in [6.45, 7) is 2.93. The maximum Gasteiger partial charge on any atom is 0.236 e. The van der Waals surface area contributed by atoms with Crippen LogP contribution in [0, 0.1) is 5.92 Å². The van der Waals surface area contributed by atoms with Crippen molar-refractivity contribution in [2.45, 2.75) is 38.8 Å². The molecule has 1 aromatic carbocycles. The first-order valence-electron chi connectivity index (χ1n) is 6.76. The number of benzene rings is 1. The highest BCUT2D eigenvalue weighted by molar-refractivity contribution is 5.78. The van der Waals surface area contributed by atoms with Gasteiger partial charge in [-0.3, -0.25) is 4.79 Å². The molecule has 1 amide bonds. The average molecular weight is 246 g/mol. The predicted molar refractivity (Wildman–Crippen MR) is 72.8 cm³/mol. The highest BCUT2D eigenvalue weighted by Crippen LogP contribution is 2.32. The van der Waals surface area contributed by atoms with Crippen molar-refractivity contribution in [3.63, 3.8) is 0 Å². The number of nitrogens with zero attached hydrogens (tertiary/aromatic N) is 1. The van der Waals surface area contributed by atoms with Gasteiger partial charge in [0.2, 0.25) is 5.91 Å². The quantitative estimate of drug-likeness (QED) is 0.865. The van der Waals surface area contributed by atoms with Crippen LogP contribution in [0.25, 0.3) is 0 Å². The molecule has 0 bridgehead atoms. The first-order valence-corrected chi connectivity index (χ1v) is 6.76. The Morgan fingerprint density at radius 2 is 2.06 bits per heavy atom. The molecule has 0 aromatic heterocycles. The molecular formula is C15H22N2O. The summed E-state index contributed by atoms with van der Waals surface area (Å²) in [5.74, 6) is 0.711. The highest BCUT2D eigenvalue weighted by Gasteiger charge is 2.30. The van der Waals surface area contributed by atoms with Crippen LogP contribution in [0.3, 0.4) is 0 Å². The van der Waals surface area contributed by atoms with E-state index in [0.29, 0.717) is 18.5 Å². The van der Waals surface area contributed by atoms with E-state index in [9.17, 15) is 4.79 Å². The van der Waals surface area contributed by atoms with E-state index in [4.69, 9.17) is 5.73 Å². The Balaban J connectivity index is 2.07. The van der Waals surface area contributed by atoms with Crippen molar-refractivity contribution in [3.8, 4) is 0 Å². The van der Waals surface area contributed by atoms with Crippen LogP contribution in [0.15, 0.2) is 30.3 Å². The van der Waals surface area contributed by atoms with Crippen LogP contribution in [-0.4, -0.2) is 23.4 Å². The van der Waals surface area contributed by atoms with Crippen molar-refractivity contribution < 1.29 is 4.79 Å². The van der Waals surface area contributed by atoms with E-state index >= 15 is 0 Å². The average Bonchev–Trinajstić information content (AvgIpc) is 2.34. The fraction of sp³-hybridized carbons (Fsp3) is 0.533. The molecule has 98 valence electrons. The maximum absolute atomic E-state index is 12.0. The maximum atomic E-state index is 12.0. The van der Waals surface area contributed by atoms with E-state index in [2.05, 4.69) is 19.1 Å². The lowest BCUT2D eigenvalue weighted by atomic mass is 9.79. The SMILES string of the molecule is C[C@@H](C1CCC1)N(Cc1ccccc1)C(=O)CN. The second-order valence-corrected chi connectivity index (χ2v) is 5.14. The number of amides is 1. The van der Waals surface area contributed by atoms with Gasteiger partial charge in [-0.25, -0.2) is 0 Å². The summed E-state index contributed by atoms with van der Waals surface area (Å²) in [6.07, 6.45) is 3.78. The molecule has 2 rings (SSSR count). The fourth-order valence-corrected chi connectivity index (χ4v) is 2.53. The zero-order valence-corrected chi connectivity index (χ0v) is 11.0. The summed E-state index contributed by atoms with van der Waals surface area (Å²) in [5, 5.41) is 0. The molecule has 3 nitrogen and oxygen atoms in total. The minimum atomic E-state index is 0.0539. The topological polar surface area (TPSA) is 46.3 Å². The second kappa shape index (κ2) is 6.01. The van der Waals surface area contributed by atoms with Crippen molar-refractivity contribution in [2.24, 2.45) is 11.7 Å². The summed E-state index contributed by atoms with van der Waals surface area (Å²) < 4.78 is 0. The van der Waals surface area contributed by atoms with Crippen molar-refractivity contribution in [1.82, 2.24) is 4.90 Å². The van der Waals surface area contributed by atoms with Gasteiger partial charge in [-0.2, -0.15) is 0 Å². The second-order valence-electron chi connectivity index (χ2n) is 5.14. The Bertz CT molecular complexity index is 387. The highest BCUT2D eigenvalue weighted by atomic mass is 16.2. The zero-order chi connectivity index (χ0) is 13.0. The van der Waals surface area contributed by atoms with Crippen LogP contribution < -0.4 is 5.73 Å². The van der Waals surface area contributed by atoms with Crippen LogP contribution in [0.4, 0.5) is 0 Å². The van der Waals surface area contributed by atoms with E-state index < -0.39 is 0 Å². The lowest BCUT2D eigenvalue weighted by Gasteiger charge is -2.39. The minimum absolute atomic E-state index is 0.0539. The Hall–Kier alpha value is -1.35. The van der Waals surface area contributed by atoms with E-state index in [0.717, 1.165) is 0 Å². The third-order valence-electron chi connectivity index (χ3n) is 4.01. The van der Waals surface area contributed by atoms with Gasteiger partial charge in [-0.15, -0.1) is 0 Å². The van der Waals surface area contributed by atoms with Crippen molar-refractivity contribution in [1.29, 1.82) is 0 Å². The lowest BCUT2D eigenvalue weighted by Crippen LogP contribution is -2.46. The van der Waals surface area contributed by atoms with Gasteiger partial charge in [0.1, 0.15) is 0 Å². The van der Waals surface area contributed by atoms with Gasteiger partial charge in [0, 0.05) is 12.6 Å². The van der Waals surface area contributed by atoms with Gasteiger partial charge in [-0.05, 0) is 31.2 Å². The molecule has 0 unspecified atom stereocenters. The Kier molecular flexibility index (Phi) is 4.37. The standard InChI is InChI=1S/C15H22N2O/c1-12(14-8-5-9-14)17(15(18)10-16)11-13-6-3-2-4-7-13/h2-4,6-7,12,14H,5,8-11,16H2,1H3/t12-/m0/s1. The number of carbonyl (C=O) groups excluding carboxylic acids is 1. The van der Waals surface area contributed by atoms with Crippen LogP contribution in [0.1, 0.15) is 31.7 Å². The third kappa shape index (κ3) is 2.91. The molecule has 0 heterocycles. The van der Waals surface area contributed by atoms with Crippen LogP contribution in [0.5, 0.6) is 0 Å². The van der Waals surface area contributed by atoms with E-state index in [1.807, 2.05) is 23.1 Å². The Labute approximate surface area is 109 Å². The number of rotatable bonds is 5. The lowest BCUT2D eigenvalue weighted by molar-refractivity contribution is -0.134. The number of hydrogen-bond donors (Lipinski definition) is 1. The largest absolute Gasteiger partial charge is 0.334 e. The molecule has 3 heteroatoms. The smallest absolute Gasteiger partial charge is 0.236 e. The fourth-order valence-electron chi connectivity index (χ4n) is 2.53. The molecule has 1 aliphatic rings. The van der Waals surface area contributed by atoms with Crippen molar-refractivity contribution in [3.05, 3.63) is 35.9 Å². The number of hydrogen-bond acceptors (Lipinski definition) is 2. The molecule has 0 radical (unpaired) electrons. The normalized spacial score (nSPS) is 17.0. The van der Waals surface area contributed by atoms with E-state index in [1.165, 1.54) is 24.8 Å². The minimum Gasteiger partial charge on any atom is -0.334 e. The third-order valence-corrected chi connectivity index (χ3v) is 4.01.